The van der Waals surface area contributed by atoms with Gasteiger partial charge in [-0.25, -0.2) is 0 Å². The molecule has 0 saturated carbocycles. The van der Waals surface area contributed by atoms with Gasteiger partial charge in [-0.2, -0.15) is 0 Å². The molecule has 0 radical (unpaired) electrons. The van der Waals surface area contributed by atoms with E-state index >= 15 is 0 Å². The van der Waals surface area contributed by atoms with Crippen molar-refractivity contribution in [1.82, 2.24) is 15.5 Å². The average Bonchev–Trinajstić information content (AvgIpc) is 3.25. The standard InChI is InChI=1S/C56H113N3O2/c1-6-9-11-13-15-17-19-21-23-25-27-29-31-33-35-37-39-41-43-48-54(60)57-51-46-45-50-56(4,5)59(8-3)53-47-52-58-55(61)49-44-42-40-38-36-34-32-30-28-26-24-22-20-18-16-14-12-10-7-2/h6-53H2,1-5H3,(H,57,60)(H,58,61). The van der Waals surface area contributed by atoms with E-state index in [9.17, 15) is 9.59 Å². The highest BCUT2D eigenvalue weighted by Gasteiger charge is 2.24. The Kier molecular flexibility index (Phi) is 47.5. The molecule has 5 heteroatoms. The highest BCUT2D eigenvalue weighted by molar-refractivity contribution is 5.76. The number of rotatable bonds is 51. The second-order valence-corrected chi connectivity index (χ2v) is 20.1. The van der Waals surface area contributed by atoms with E-state index < -0.39 is 0 Å². The molecule has 364 valence electrons. The van der Waals surface area contributed by atoms with Gasteiger partial charge >= 0.3 is 0 Å². The van der Waals surface area contributed by atoms with E-state index in [4.69, 9.17) is 0 Å². The van der Waals surface area contributed by atoms with Gasteiger partial charge in [0, 0.05) is 38.0 Å². The van der Waals surface area contributed by atoms with Crippen LogP contribution < -0.4 is 10.6 Å². The summed E-state index contributed by atoms with van der Waals surface area (Å²) in [5.74, 6) is 0.464. The summed E-state index contributed by atoms with van der Waals surface area (Å²) in [6, 6.07) is 0. The summed E-state index contributed by atoms with van der Waals surface area (Å²) in [5, 5.41) is 6.36. The van der Waals surface area contributed by atoms with E-state index in [2.05, 4.69) is 50.2 Å². The fourth-order valence-corrected chi connectivity index (χ4v) is 9.36. The molecule has 2 amide bonds. The molecule has 0 heterocycles. The van der Waals surface area contributed by atoms with Gasteiger partial charge < -0.3 is 10.6 Å². The normalized spacial score (nSPS) is 11.8. The van der Waals surface area contributed by atoms with Crippen molar-refractivity contribution in [2.24, 2.45) is 0 Å². The summed E-state index contributed by atoms with van der Waals surface area (Å²) in [5.41, 5.74) is 0.127. The van der Waals surface area contributed by atoms with Gasteiger partial charge in [0.2, 0.25) is 11.8 Å². The van der Waals surface area contributed by atoms with Crippen LogP contribution in [0.4, 0.5) is 0 Å². The lowest BCUT2D eigenvalue weighted by atomic mass is 9.94. The lowest BCUT2D eigenvalue weighted by Gasteiger charge is -2.38. The molecule has 61 heavy (non-hydrogen) atoms. The van der Waals surface area contributed by atoms with Gasteiger partial charge in [-0.05, 0) is 58.9 Å². The van der Waals surface area contributed by atoms with Crippen LogP contribution in [-0.2, 0) is 9.59 Å². The van der Waals surface area contributed by atoms with Gasteiger partial charge in [-0.1, -0.05) is 252 Å². The molecule has 0 saturated heterocycles. The minimum absolute atomic E-state index is 0.127. The summed E-state index contributed by atoms with van der Waals surface area (Å²) < 4.78 is 0. The van der Waals surface area contributed by atoms with Crippen molar-refractivity contribution < 1.29 is 9.59 Å². The number of carbonyl (C=O) groups is 2. The zero-order valence-corrected chi connectivity index (χ0v) is 42.7. The van der Waals surface area contributed by atoms with Gasteiger partial charge in [0.05, 0.1) is 0 Å². The van der Waals surface area contributed by atoms with Crippen molar-refractivity contribution >= 4 is 11.8 Å². The maximum absolute atomic E-state index is 12.4. The molecule has 0 aliphatic heterocycles. The molecular formula is C56H113N3O2. The zero-order chi connectivity index (χ0) is 44.6. The van der Waals surface area contributed by atoms with Crippen molar-refractivity contribution in [3.63, 3.8) is 0 Å². The lowest BCUT2D eigenvalue weighted by Crippen LogP contribution is -2.45. The number of hydrogen-bond donors (Lipinski definition) is 2. The Morgan fingerprint density at radius 1 is 0.344 bits per heavy atom. The molecule has 0 fully saturated rings. The number of hydrogen-bond acceptors (Lipinski definition) is 3. The molecule has 0 unspecified atom stereocenters. The Morgan fingerprint density at radius 2 is 0.607 bits per heavy atom. The molecule has 0 aromatic heterocycles. The van der Waals surface area contributed by atoms with Crippen molar-refractivity contribution in [2.75, 3.05) is 26.2 Å². The molecule has 0 spiro atoms. The molecule has 0 atom stereocenters. The number of nitrogens with zero attached hydrogens (tertiary/aromatic N) is 1. The number of nitrogens with one attached hydrogen (secondary N) is 2. The molecular weight excluding hydrogens is 747 g/mol. The van der Waals surface area contributed by atoms with Crippen LogP contribution in [0, 0.1) is 0 Å². The van der Waals surface area contributed by atoms with Gasteiger partial charge in [0.15, 0.2) is 0 Å². The van der Waals surface area contributed by atoms with Crippen LogP contribution in [0.15, 0.2) is 0 Å². The summed E-state index contributed by atoms with van der Waals surface area (Å²) in [7, 11) is 0. The van der Waals surface area contributed by atoms with E-state index in [1.165, 1.54) is 231 Å². The fourth-order valence-electron chi connectivity index (χ4n) is 9.36. The summed E-state index contributed by atoms with van der Waals surface area (Å²) in [6.45, 7) is 15.2. The molecule has 0 aliphatic carbocycles. The van der Waals surface area contributed by atoms with Crippen LogP contribution in [0.25, 0.3) is 0 Å². The number of unbranched alkanes of at least 4 members (excludes halogenated alkanes) is 37. The molecule has 0 aromatic rings. The van der Waals surface area contributed by atoms with E-state index in [1.807, 2.05) is 0 Å². The van der Waals surface area contributed by atoms with Crippen molar-refractivity contribution in [2.45, 2.75) is 323 Å². The predicted octanol–water partition coefficient (Wildman–Crippen LogP) is 17.5. The van der Waals surface area contributed by atoms with Crippen LogP contribution in [0.3, 0.4) is 0 Å². The first-order chi connectivity index (χ1) is 29.9. The molecule has 0 bridgehead atoms. The van der Waals surface area contributed by atoms with Gasteiger partial charge in [0.25, 0.3) is 0 Å². The molecule has 2 N–H and O–H groups in total. The summed E-state index contributed by atoms with van der Waals surface area (Å²) in [6.07, 6.45) is 58.1. The third kappa shape index (κ3) is 45.3. The second-order valence-electron chi connectivity index (χ2n) is 20.1. The van der Waals surface area contributed by atoms with Crippen molar-refractivity contribution in [3.8, 4) is 0 Å². The smallest absolute Gasteiger partial charge is 0.219 e. The Balaban J connectivity index is 3.58. The minimum atomic E-state index is 0.127. The van der Waals surface area contributed by atoms with Crippen LogP contribution in [-0.4, -0.2) is 48.4 Å². The quantitative estimate of drug-likeness (QED) is 0.0599. The predicted molar refractivity (Wildman–Crippen MR) is 272 cm³/mol. The SMILES string of the molecule is CCCCCCCCCCCCCCCCCCCCCC(=O)NCCCCC(C)(C)N(CC)CCCNC(=O)CCCCCCCCCCCCCCCCCCCCC. The van der Waals surface area contributed by atoms with Crippen LogP contribution in [0.5, 0.6) is 0 Å². The Bertz CT molecular complexity index is 891. The average molecular weight is 861 g/mol. The highest BCUT2D eigenvalue weighted by atomic mass is 16.2. The first kappa shape index (κ1) is 59.9. The van der Waals surface area contributed by atoms with Crippen molar-refractivity contribution in [3.05, 3.63) is 0 Å². The number of amides is 2. The van der Waals surface area contributed by atoms with Crippen molar-refractivity contribution in [1.29, 1.82) is 0 Å². The van der Waals surface area contributed by atoms with Gasteiger partial charge in [-0.15, -0.1) is 0 Å². The summed E-state index contributed by atoms with van der Waals surface area (Å²) >= 11 is 0. The van der Waals surface area contributed by atoms with Crippen LogP contribution >= 0.6 is 0 Å². The molecule has 0 aromatic carbocycles. The zero-order valence-electron chi connectivity index (χ0n) is 42.7. The van der Waals surface area contributed by atoms with Crippen LogP contribution in [0.1, 0.15) is 317 Å². The van der Waals surface area contributed by atoms with E-state index in [0.29, 0.717) is 12.8 Å². The molecule has 0 rings (SSSR count). The topological polar surface area (TPSA) is 61.4 Å². The number of carbonyl (C=O) groups excluding carboxylic acids is 2. The van der Waals surface area contributed by atoms with E-state index in [-0.39, 0.29) is 17.4 Å². The highest BCUT2D eigenvalue weighted by Crippen LogP contribution is 2.22. The largest absolute Gasteiger partial charge is 0.356 e. The Morgan fingerprint density at radius 3 is 0.885 bits per heavy atom. The third-order valence-electron chi connectivity index (χ3n) is 13.7. The molecule has 0 aliphatic rings. The maximum atomic E-state index is 12.4. The lowest BCUT2D eigenvalue weighted by molar-refractivity contribution is -0.122. The Labute approximate surface area is 384 Å². The monoisotopic (exact) mass is 860 g/mol. The Hall–Kier alpha value is -1.10. The summed E-state index contributed by atoms with van der Waals surface area (Å²) in [4.78, 5) is 27.4. The second kappa shape index (κ2) is 48.4. The maximum Gasteiger partial charge on any atom is 0.219 e. The van der Waals surface area contributed by atoms with Crippen LogP contribution in [0.2, 0.25) is 0 Å². The first-order valence-electron chi connectivity index (χ1n) is 28.2. The van der Waals surface area contributed by atoms with Gasteiger partial charge in [0.1, 0.15) is 0 Å². The fraction of sp³-hybridized carbons (Fsp3) is 0.964. The molecule has 5 nitrogen and oxygen atoms in total. The minimum Gasteiger partial charge on any atom is -0.356 e. The first-order valence-corrected chi connectivity index (χ1v) is 28.2. The third-order valence-corrected chi connectivity index (χ3v) is 13.7. The van der Waals surface area contributed by atoms with E-state index in [1.54, 1.807) is 0 Å². The van der Waals surface area contributed by atoms with Gasteiger partial charge in [-0.3, -0.25) is 14.5 Å². The van der Waals surface area contributed by atoms with E-state index in [0.717, 1.165) is 64.7 Å².